The lowest BCUT2D eigenvalue weighted by atomic mass is 10.2. The van der Waals surface area contributed by atoms with Crippen molar-refractivity contribution in [3.8, 4) is 0 Å². The van der Waals surface area contributed by atoms with Gasteiger partial charge >= 0.3 is 12.0 Å². The van der Waals surface area contributed by atoms with Gasteiger partial charge in [-0.1, -0.05) is 19.1 Å². The van der Waals surface area contributed by atoms with Crippen molar-refractivity contribution in [2.75, 3.05) is 31.6 Å². The van der Waals surface area contributed by atoms with Crippen LogP contribution >= 0.6 is 0 Å². The summed E-state index contributed by atoms with van der Waals surface area (Å²) in [5.74, 6) is -0.368. The molecular formula is C18H24N2O4. The molecule has 1 saturated heterocycles. The van der Waals surface area contributed by atoms with Gasteiger partial charge in [-0.05, 0) is 37.1 Å². The molecule has 2 rings (SSSR count). The molecular weight excluding hydrogens is 308 g/mol. The molecule has 0 unspecified atom stereocenters. The fraction of sp³-hybridized carbons (Fsp3) is 0.444. The van der Waals surface area contributed by atoms with Crippen LogP contribution in [0.3, 0.4) is 0 Å². The maximum absolute atomic E-state index is 12.3. The van der Waals surface area contributed by atoms with Crippen molar-refractivity contribution in [2.45, 2.75) is 26.4 Å². The summed E-state index contributed by atoms with van der Waals surface area (Å²) in [6.45, 7) is 5.96. The Labute approximate surface area is 142 Å². The molecule has 1 atom stereocenters. The van der Waals surface area contributed by atoms with Gasteiger partial charge in [0.2, 0.25) is 0 Å². The van der Waals surface area contributed by atoms with Crippen LogP contribution in [0, 0.1) is 0 Å². The van der Waals surface area contributed by atoms with E-state index in [0.29, 0.717) is 32.0 Å². The molecule has 6 nitrogen and oxygen atoms in total. The van der Waals surface area contributed by atoms with E-state index in [1.807, 2.05) is 12.1 Å². The van der Waals surface area contributed by atoms with Crippen LogP contribution in [0.15, 0.2) is 30.3 Å². The number of benzene rings is 1. The van der Waals surface area contributed by atoms with Crippen molar-refractivity contribution >= 4 is 23.8 Å². The lowest BCUT2D eigenvalue weighted by Crippen LogP contribution is -2.47. The number of morpholine rings is 1. The first kappa shape index (κ1) is 18.0. The third-order valence-corrected chi connectivity index (χ3v) is 3.74. The maximum Gasteiger partial charge on any atom is 0.330 e. The minimum atomic E-state index is -0.368. The van der Waals surface area contributed by atoms with Gasteiger partial charge in [0, 0.05) is 24.9 Å². The molecule has 0 bridgehead atoms. The molecule has 0 aromatic heterocycles. The number of ether oxygens (including phenoxy) is 2. The molecule has 1 aliphatic heterocycles. The van der Waals surface area contributed by atoms with Crippen molar-refractivity contribution in [3.05, 3.63) is 35.9 Å². The molecule has 1 fully saturated rings. The van der Waals surface area contributed by atoms with Gasteiger partial charge in [0.25, 0.3) is 0 Å². The highest BCUT2D eigenvalue weighted by atomic mass is 16.5. The van der Waals surface area contributed by atoms with Crippen LogP contribution in [0.25, 0.3) is 6.08 Å². The number of nitrogens with zero attached hydrogens (tertiary/aromatic N) is 1. The Balaban J connectivity index is 1.89. The van der Waals surface area contributed by atoms with Gasteiger partial charge in [-0.3, -0.25) is 0 Å². The van der Waals surface area contributed by atoms with E-state index in [1.165, 1.54) is 6.08 Å². The Morgan fingerprint density at radius 3 is 2.75 bits per heavy atom. The first-order chi connectivity index (χ1) is 11.6. The van der Waals surface area contributed by atoms with Gasteiger partial charge < -0.3 is 19.7 Å². The third kappa shape index (κ3) is 5.38. The second-order valence-corrected chi connectivity index (χ2v) is 5.48. The predicted molar refractivity (Wildman–Crippen MR) is 92.7 cm³/mol. The SMILES string of the molecule is CCOC(=O)/C=C/c1ccc(NC(=O)N2CCO[C@@H](CC)C2)cc1. The van der Waals surface area contributed by atoms with Crippen LogP contribution in [-0.4, -0.2) is 49.3 Å². The molecule has 1 N–H and O–H groups in total. The van der Waals surface area contributed by atoms with E-state index < -0.39 is 0 Å². The van der Waals surface area contributed by atoms with Crippen LogP contribution in [0.5, 0.6) is 0 Å². The minimum Gasteiger partial charge on any atom is -0.463 e. The number of nitrogens with one attached hydrogen (secondary N) is 1. The van der Waals surface area contributed by atoms with Crippen molar-refractivity contribution in [1.82, 2.24) is 4.90 Å². The topological polar surface area (TPSA) is 67.9 Å². The van der Waals surface area contributed by atoms with Crippen molar-refractivity contribution in [3.63, 3.8) is 0 Å². The summed E-state index contributed by atoms with van der Waals surface area (Å²) in [5.41, 5.74) is 1.58. The quantitative estimate of drug-likeness (QED) is 0.665. The van der Waals surface area contributed by atoms with E-state index in [1.54, 1.807) is 30.0 Å². The van der Waals surface area contributed by atoms with E-state index in [-0.39, 0.29) is 18.1 Å². The van der Waals surface area contributed by atoms with Crippen molar-refractivity contribution in [2.24, 2.45) is 0 Å². The number of carbonyl (C=O) groups is 2. The van der Waals surface area contributed by atoms with Gasteiger partial charge in [-0.15, -0.1) is 0 Å². The second-order valence-electron chi connectivity index (χ2n) is 5.48. The average molecular weight is 332 g/mol. The monoisotopic (exact) mass is 332 g/mol. The molecule has 1 heterocycles. The number of urea groups is 1. The molecule has 0 spiro atoms. The highest BCUT2D eigenvalue weighted by Gasteiger charge is 2.22. The van der Waals surface area contributed by atoms with Gasteiger partial charge in [0.05, 0.1) is 19.3 Å². The number of hydrogen-bond acceptors (Lipinski definition) is 4. The van der Waals surface area contributed by atoms with Crippen molar-refractivity contribution < 1.29 is 19.1 Å². The van der Waals surface area contributed by atoms with E-state index in [4.69, 9.17) is 9.47 Å². The zero-order valence-electron chi connectivity index (χ0n) is 14.2. The number of anilines is 1. The number of esters is 1. The van der Waals surface area contributed by atoms with E-state index in [2.05, 4.69) is 12.2 Å². The molecule has 1 aromatic rings. The smallest absolute Gasteiger partial charge is 0.330 e. The van der Waals surface area contributed by atoms with E-state index in [9.17, 15) is 9.59 Å². The van der Waals surface area contributed by atoms with Crippen LogP contribution in [-0.2, 0) is 14.3 Å². The second kappa shape index (κ2) is 9.08. The Bertz CT molecular complexity index is 583. The van der Waals surface area contributed by atoms with Crippen LogP contribution in [0.1, 0.15) is 25.8 Å². The molecule has 0 radical (unpaired) electrons. The average Bonchev–Trinajstić information content (AvgIpc) is 2.61. The molecule has 1 aromatic carbocycles. The summed E-state index contributed by atoms with van der Waals surface area (Å²) in [7, 11) is 0. The number of carbonyl (C=O) groups excluding carboxylic acids is 2. The highest BCUT2D eigenvalue weighted by Crippen LogP contribution is 2.14. The standard InChI is InChI=1S/C18H24N2O4/c1-3-16-13-20(11-12-24-16)18(22)19-15-8-5-14(6-9-15)7-10-17(21)23-4-2/h5-10,16H,3-4,11-13H2,1-2H3,(H,19,22)/b10-7+/t16-/m0/s1. The van der Waals surface area contributed by atoms with Crippen LogP contribution < -0.4 is 5.32 Å². The zero-order valence-corrected chi connectivity index (χ0v) is 14.2. The van der Waals surface area contributed by atoms with Gasteiger partial charge in [-0.2, -0.15) is 0 Å². The molecule has 0 aliphatic carbocycles. The third-order valence-electron chi connectivity index (χ3n) is 3.74. The molecule has 0 saturated carbocycles. The maximum atomic E-state index is 12.3. The lowest BCUT2D eigenvalue weighted by Gasteiger charge is -2.32. The van der Waals surface area contributed by atoms with Gasteiger partial charge in [0.1, 0.15) is 0 Å². The van der Waals surface area contributed by atoms with E-state index in [0.717, 1.165) is 12.0 Å². The minimum absolute atomic E-state index is 0.111. The van der Waals surface area contributed by atoms with Crippen LogP contribution in [0.2, 0.25) is 0 Å². The fourth-order valence-electron chi connectivity index (χ4n) is 2.39. The zero-order chi connectivity index (χ0) is 17.4. The summed E-state index contributed by atoms with van der Waals surface area (Å²) in [6.07, 6.45) is 4.07. The Hall–Kier alpha value is -2.34. The molecule has 6 heteroatoms. The van der Waals surface area contributed by atoms with Gasteiger partial charge in [-0.25, -0.2) is 9.59 Å². The Morgan fingerprint density at radius 1 is 1.33 bits per heavy atom. The summed E-state index contributed by atoms with van der Waals surface area (Å²) in [5, 5.41) is 2.88. The van der Waals surface area contributed by atoms with Crippen molar-refractivity contribution in [1.29, 1.82) is 0 Å². The normalized spacial score (nSPS) is 17.8. The van der Waals surface area contributed by atoms with E-state index >= 15 is 0 Å². The molecule has 130 valence electrons. The summed E-state index contributed by atoms with van der Waals surface area (Å²) < 4.78 is 10.4. The number of hydrogen-bond donors (Lipinski definition) is 1. The van der Waals surface area contributed by atoms with Gasteiger partial charge in [0.15, 0.2) is 0 Å². The fourth-order valence-corrected chi connectivity index (χ4v) is 2.39. The first-order valence-electron chi connectivity index (χ1n) is 8.24. The molecule has 24 heavy (non-hydrogen) atoms. The van der Waals surface area contributed by atoms with Crippen LogP contribution in [0.4, 0.5) is 10.5 Å². The number of amides is 2. The first-order valence-corrected chi connectivity index (χ1v) is 8.24. The summed E-state index contributed by atoms with van der Waals surface area (Å²) >= 11 is 0. The lowest BCUT2D eigenvalue weighted by molar-refractivity contribution is -0.137. The number of rotatable bonds is 5. The predicted octanol–water partition coefficient (Wildman–Crippen LogP) is 2.91. The Kier molecular flexibility index (Phi) is 6.81. The summed E-state index contributed by atoms with van der Waals surface area (Å²) in [6, 6.07) is 7.16. The molecule has 2 amide bonds. The Morgan fingerprint density at radius 2 is 2.08 bits per heavy atom. The summed E-state index contributed by atoms with van der Waals surface area (Å²) in [4.78, 5) is 25.3. The highest BCUT2D eigenvalue weighted by molar-refractivity contribution is 5.90. The molecule has 1 aliphatic rings. The largest absolute Gasteiger partial charge is 0.463 e.